The van der Waals surface area contributed by atoms with E-state index >= 15 is 0 Å². The van der Waals surface area contributed by atoms with Gasteiger partial charge in [-0.1, -0.05) is 12.1 Å². The van der Waals surface area contributed by atoms with Crippen molar-refractivity contribution in [2.45, 2.75) is 38.8 Å². The number of aromatic hydroxyl groups is 1. The highest BCUT2D eigenvalue weighted by atomic mass is 32.1. The van der Waals surface area contributed by atoms with Crippen LogP contribution in [0.15, 0.2) is 41.5 Å². The first-order valence-electron chi connectivity index (χ1n) is 10.6. The summed E-state index contributed by atoms with van der Waals surface area (Å²) in [5, 5.41) is 11.3. The third-order valence-electron chi connectivity index (χ3n) is 5.89. The van der Waals surface area contributed by atoms with Crippen LogP contribution in [0.2, 0.25) is 0 Å². The van der Waals surface area contributed by atoms with Crippen molar-refractivity contribution in [2.75, 3.05) is 20.3 Å². The average molecular weight is 472 g/mol. The maximum atomic E-state index is 13.2. The van der Waals surface area contributed by atoms with Crippen LogP contribution in [0.1, 0.15) is 41.7 Å². The highest BCUT2D eigenvalue weighted by Gasteiger charge is 2.42. The Balaban J connectivity index is 1.79. The largest absolute Gasteiger partial charge is 0.503 e. The van der Waals surface area contributed by atoms with Gasteiger partial charge >= 0.3 is 0 Å². The van der Waals surface area contributed by atoms with E-state index in [2.05, 4.69) is 4.98 Å². The van der Waals surface area contributed by atoms with Gasteiger partial charge in [-0.25, -0.2) is 9.37 Å². The minimum Gasteiger partial charge on any atom is -0.503 e. The Hall–Kier alpha value is -3.04. The zero-order chi connectivity index (χ0) is 23.9. The molecule has 1 aliphatic heterocycles. The Morgan fingerprint density at radius 2 is 1.97 bits per heavy atom. The van der Waals surface area contributed by atoms with Crippen molar-refractivity contribution < 1.29 is 19.0 Å². The molecular weight excluding hydrogens is 445 g/mol. The van der Waals surface area contributed by atoms with Gasteiger partial charge in [0.1, 0.15) is 10.8 Å². The minimum absolute atomic E-state index is 0.0358. The van der Waals surface area contributed by atoms with Gasteiger partial charge in [0, 0.05) is 43.4 Å². The number of nitrogens with zero attached hydrogens (tertiary/aromatic N) is 3. The second kappa shape index (κ2) is 8.72. The van der Waals surface area contributed by atoms with E-state index < -0.39 is 22.6 Å². The maximum Gasteiger partial charge on any atom is 0.274 e. The Labute approximate surface area is 195 Å². The van der Waals surface area contributed by atoms with Crippen LogP contribution >= 0.6 is 11.3 Å². The number of aromatic nitrogens is 2. The molecule has 0 fully saturated rings. The molecular formula is C24H26FN3O4S. The van der Waals surface area contributed by atoms with Crippen LogP contribution in [0.4, 0.5) is 4.39 Å². The second-order valence-electron chi connectivity index (χ2n) is 8.83. The fourth-order valence-electron chi connectivity index (χ4n) is 4.20. The lowest BCUT2D eigenvalue weighted by Gasteiger charge is -2.44. The molecule has 33 heavy (non-hydrogen) atoms. The van der Waals surface area contributed by atoms with Crippen molar-refractivity contribution in [1.82, 2.24) is 14.5 Å². The third-order valence-corrected chi connectivity index (χ3v) is 6.92. The smallest absolute Gasteiger partial charge is 0.274 e. The van der Waals surface area contributed by atoms with Gasteiger partial charge in [0.2, 0.25) is 5.43 Å². The summed E-state index contributed by atoms with van der Waals surface area (Å²) in [5.41, 5.74) is -0.214. The first-order chi connectivity index (χ1) is 15.6. The van der Waals surface area contributed by atoms with Crippen molar-refractivity contribution in [2.24, 2.45) is 0 Å². The molecule has 1 aliphatic rings. The number of rotatable bonds is 6. The molecule has 174 valence electrons. The first-order valence-corrected chi connectivity index (χ1v) is 11.4. The van der Waals surface area contributed by atoms with Gasteiger partial charge in [0.05, 0.1) is 17.7 Å². The van der Waals surface area contributed by atoms with Crippen molar-refractivity contribution in [1.29, 1.82) is 0 Å². The Morgan fingerprint density at radius 3 is 2.61 bits per heavy atom. The second-order valence-corrected chi connectivity index (χ2v) is 9.95. The van der Waals surface area contributed by atoms with Gasteiger partial charge in [-0.05, 0) is 38.5 Å². The Kier molecular flexibility index (Phi) is 6.11. The number of carbonyl (C=O) groups excluding carboxylic acids is 1. The molecule has 2 aromatic heterocycles. The van der Waals surface area contributed by atoms with Crippen LogP contribution in [0.3, 0.4) is 0 Å². The van der Waals surface area contributed by atoms with Crippen molar-refractivity contribution in [3.05, 3.63) is 68.8 Å². The molecule has 1 aromatic carbocycles. The molecule has 0 aliphatic carbocycles. The lowest BCUT2D eigenvalue weighted by molar-refractivity contribution is 0.0250. The number of thiazole rings is 1. The highest BCUT2D eigenvalue weighted by molar-refractivity contribution is 7.15. The van der Waals surface area contributed by atoms with Crippen LogP contribution in [0, 0.1) is 5.82 Å². The van der Waals surface area contributed by atoms with E-state index in [0.29, 0.717) is 18.0 Å². The number of benzene rings is 1. The van der Waals surface area contributed by atoms with Crippen molar-refractivity contribution in [3.8, 4) is 16.3 Å². The van der Waals surface area contributed by atoms with Crippen LogP contribution in [0.5, 0.6) is 5.75 Å². The SMILES string of the molecule is COCC1(C)CN(C(C)C)C(=O)c2c(O)c(=O)c(-c3ncc(Cc4ccc(F)cc4)s3)cn21. The van der Waals surface area contributed by atoms with E-state index in [4.69, 9.17) is 4.74 Å². The predicted molar refractivity (Wildman–Crippen MR) is 124 cm³/mol. The molecule has 1 N–H and O–H groups in total. The molecule has 1 amide bonds. The molecule has 3 heterocycles. The zero-order valence-corrected chi connectivity index (χ0v) is 19.8. The summed E-state index contributed by atoms with van der Waals surface area (Å²) in [6.45, 7) is 6.37. The van der Waals surface area contributed by atoms with Gasteiger partial charge in [-0.2, -0.15) is 0 Å². The summed E-state index contributed by atoms with van der Waals surface area (Å²) < 4.78 is 20.3. The lowest BCUT2D eigenvalue weighted by Crippen LogP contribution is -2.57. The van der Waals surface area contributed by atoms with Crippen molar-refractivity contribution in [3.63, 3.8) is 0 Å². The van der Waals surface area contributed by atoms with E-state index in [1.54, 1.807) is 41.1 Å². The number of hydrogen-bond donors (Lipinski definition) is 1. The van der Waals surface area contributed by atoms with Gasteiger partial charge < -0.3 is 19.3 Å². The topological polar surface area (TPSA) is 84.7 Å². The summed E-state index contributed by atoms with van der Waals surface area (Å²) >= 11 is 1.32. The van der Waals surface area contributed by atoms with Crippen LogP contribution in [-0.2, 0) is 16.7 Å². The summed E-state index contributed by atoms with van der Waals surface area (Å²) in [7, 11) is 1.58. The molecule has 0 saturated carbocycles. The van der Waals surface area contributed by atoms with Gasteiger partial charge in [-0.3, -0.25) is 9.59 Å². The van der Waals surface area contributed by atoms with E-state index in [1.165, 1.54) is 23.5 Å². The molecule has 0 saturated heterocycles. The zero-order valence-electron chi connectivity index (χ0n) is 19.0. The number of ether oxygens (including phenoxy) is 1. The van der Waals surface area contributed by atoms with Crippen LogP contribution < -0.4 is 5.43 Å². The van der Waals surface area contributed by atoms with Gasteiger partial charge in [0.25, 0.3) is 5.91 Å². The van der Waals surface area contributed by atoms with Crippen LogP contribution in [0.25, 0.3) is 10.6 Å². The standard InChI is InChI=1S/C24H26FN3O4S/c1-14(2)27-12-24(3,13-32-4)28-11-18(20(29)21(30)19(28)23(27)31)22-26-10-17(33-22)9-15-5-7-16(25)8-6-15/h5-8,10-11,14,30H,9,12-13H2,1-4H3. The van der Waals surface area contributed by atoms with Crippen LogP contribution in [-0.4, -0.2) is 51.8 Å². The molecule has 1 unspecified atom stereocenters. The number of hydrogen-bond acceptors (Lipinski definition) is 6. The predicted octanol–water partition coefficient (Wildman–Crippen LogP) is 3.63. The summed E-state index contributed by atoms with van der Waals surface area (Å²) in [6, 6.07) is 6.11. The molecule has 1 atom stereocenters. The van der Waals surface area contributed by atoms with E-state index in [0.717, 1.165) is 10.4 Å². The number of fused-ring (bicyclic) bond motifs is 1. The molecule has 9 heteroatoms. The molecule has 4 rings (SSSR count). The van der Waals surface area contributed by atoms with Crippen molar-refractivity contribution >= 4 is 17.2 Å². The van der Waals surface area contributed by atoms with Gasteiger partial charge in [0.15, 0.2) is 11.4 Å². The third kappa shape index (κ3) is 4.18. The van der Waals surface area contributed by atoms with Gasteiger partial charge in [-0.15, -0.1) is 11.3 Å². The highest BCUT2D eigenvalue weighted by Crippen LogP contribution is 2.34. The number of amides is 1. The quantitative estimate of drug-likeness (QED) is 0.594. The van der Waals surface area contributed by atoms with E-state index in [1.807, 2.05) is 20.8 Å². The molecule has 0 spiro atoms. The van der Waals surface area contributed by atoms with E-state index in [9.17, 15) is 19.1 Å². The molecule has 0 bridgehead atoms. The molecule has 7 nitrogen and oxygen atoms in total. The fraction of sp³-hybridized carbons (Fsp3) is 0.375. The number of pyridine rings is 1. The average Bonchev–Trinajstić information content (AvgIpc) is 3.22. The molecule has 0 radical (unpaired) electrons. The van der Waals surface area contributed by atoms with E-state index in [-0.39, 0.29) is 29.7 Å². The number of halogens is 1. The minimum atomic E-state index is -0.684. The Morgan fingerprint density at radius 1 is 1.27 bits per heavy atom. The molecule has 3 aromatic rings. The number of carbonyl (C=O) groups is 1. The lowest BCUT2D eigenvalue weighted by atomic mass is 9.95. The number of methoxy groups -OCH3 is 1. The summed E-state index contributed by atoms with van der Waals surface area (Å²) in [5.74, 6) is -1.28. The fourth-order valence-corrected chi connectivity index (χ4v) is 5.15. The monoisotopic (exact) mass is 471 g/mol. The Bertz CT molecular complexity index is 1250. The normalized spacial score (nSPS) is 18.1. The summed E-state index contributed by atoms with van der Waals surface area (Å²) in [6.07, 6.45) is 3.82. The maximum absolute atomic E-state index is 13.2. The first kappa shape index (κ1) is 23.1. The summed E-state index contributed by atoms with van der Waals surface area (Å²) in [4.78, 5) is 33.2.